The van der Waals surface area contributed by atoms with Gasteiger partial charge in [0.15, 0.2) is 0 Å². The molecule has 0 saturated carbocycles. The van der Waals surface area contributed by atoms with Crippen LogP contribution in [-0.2, 0) is 28.5 Å². The third-order valence-electron chi connectivity index (χ3n) is 5.71. The average Bonchev–Trinajstić information content (AvgIpc) is 3.21. The van der Waals surface area contributed by atoms with Crippen molar-refractivity contribution >= 4 is 11.9 Å². The van der Waals surface area contributed by atoms with Gasteiger partial charge >= 0.3 is 11.9 Å². The van der Waals surface area contributed by atoms with E-state index in [-0.39, 0.29) is 0 Å². The highest BCUT2D eigenvalue weighted by atomic mass is 16.7. The lowest BCUT2D eigenvalue weighted by Gasteiger charge is -2.41. The second kappa shape index (κ2) is 7.02. The SMILES string of the molecule is COC(=O)[C@H]1[C@@H]2CC[C@@H](O2)[C@@]1(C)C(=O)O[C@@H]1O[C@H](CO)[C@@H](O)[C@H](O)[C@H]1O. The first kappa shape index (κ1) is 19.5. The molecule has 10 nitrogen and oxygen atoms in total. The monoisotopic (exact) mass is 376 g/mol. The number of fused-ring (bicyclic) bond motifs is 2. The van der Waals surface area contributed by atoms with Crippen LogP contribution < -0.4 is 0 Å². The topological polar surface area (TPSA) is 152 Å². The number of carbonyl (C=O) groups is 2. The van der Waals surface area contributed by atoms with E-state index in [0.29, 0.717) is 12.8 Å². The number of hydrogen-bond donors (Lipinski definition) is 4. The van der Waals surface area contributed by atoms with E-state index in [4.69, 9.17) is 18.9 Å². The average molecular weight is 376 g/mol. The number of methoxy groups -OCH3 is 1. The predicted octanol–water partition coefficient (Wildman–Crippen LogP) is -2.31. The number of esters is 2. The molecule has 2 bridgehead atoms. The standard InChI is InChI=1S/C16H24O10/c1-16(8-4-3-6(24-8)9(16)13(21)23-2)15(22)26-14-12(20)11(19)10(18)7(5-17)25-14/h6-12,14,17-20H,3-5H2,1-2H3/t6-,7+,8+,9+,10+,11-,12+,14-,16+/m0/s1. The van der Waals surface area contributed by atoms with Crippen LogP contribution in [0.2, 0.25) is 0 Å². The van der Waals surface area contributed by atoms with Crippen molar-refractivity contribution in [3.63, 3.8) is 0 Å². The van der Waals surface area contributed by atoms with Crippen LogP contribution in [0.4, 0.5) is 0 Å². The molecule has 0 amide bonds. The Bertz CT molecular complexity index is 565. The van der Waals surface area contributed by atoms with Crippen molar-refractivity contribution in [3.05, 3.63) is 0 Å². The Balaban J connectivity index is 1.79. The number of ether oxygens (including phenoxy) is 4. The second-order valence-electron chi connectivity index (χ2n) is 7.13. The normalized spacial score (nSPS) is 47.6. The lowest BCUT2D eigenvalue weighted by atomic mass is 9.67. The Kier molecular flexibility index (Phi) is 5.26. The summed E-state index contributed by atoms with van der Waals surface area (Å²) in [5.41, 5.74) is -1.34. The number of hydrogen-bond acceptors (Lipinski definition) is 10. The smallest absolute Gasteiger partial charge is 0.317 e. The minimum atomic E-state index is -1.71. The first-order valence-electron chi connectivity index (χ1n) is 8.50. The molecule has 0 spiro atoms. The molecule has 0 unspecified atom stereocenters. The summed E-state index contributed by atoms with van der Waals surface area (Å²) in [7, 11) is 1.22. The van der Waals surface area contributed by atoms with Crippen molar-refractivity contribution in [1.82, 2.24) is 0 Å². The zero-order chi connectivity index (χ0) is 19.2. The molecule has 26 heavy (non-hydrogen) atoms. The fourth-order valence-corrected chi connectivity index (χ4v) is 4.11. The lowest BCUT2D eigenvalue weighted by molar-refractivity contribution is -0.296. The third-order valence-corrected chi connectivity index (χ3v) is 5.71. The largest absolute Gasteiger partial charge is 0.469 e. The molecule has 3 saturated heterocycles. The summed E-state index contributed by atoms with van der Waals surface area (Å²) in [6, 6.07) is 0. The van der Waals surface area contributed by atoms with E-state index < -0.39 is 72.8 Å². The molecular weight excluding hydrogens is 352 g/mol. The predicted molar refractivity (Wildman–Crippen MR) is 81.4 cm³/mol. The van der Waals surface area contributed by atoms with Crippen molar-refractivity contribution in [2.45, 2.75) is 62.7 Å². The molecule has 0 aromatic rings. The molecule has 4 N–H and O–H groups in total. The van der Waals surface area contributed by atoms with Crippen LogP contribution >= 0.6 is 0 Å². The first-order chi connectivity index (χ1) is 12.2. The number of rotatable bonds is 4. The Labute approximate surface area is 149 Å². The summed E-state index contributed by atoms with van der Waals surface area (Å²) in [6.07, 6.45) is -7.57. The van der Waals surface area contributed by atoms with Crippen molar-refractivity contribution in [2.75, 3.05) is 13.7 Å². The zero-order valence-corrected chi connectivity index (χ0v) is 14.5. The Morgan fingerprint density at radius 1 is 1.12 bits per heavy atom. The Hall–Kier alpha value is -1.30. The van der Waals surface area contributed by atoms with Crippen LogP contribution in [0.1, 0.15) is 19.8 Å². The van der Waals surface area contributed by atoms with Gasteiger partial charge in [-0.25, -0.2) is 0 Å². The highest BCUT2D eigenvalue weighted by Gasteiger charge is 2.65. The number of aliphatic hydroxyl groups is 4. The molecule has 0 aromatic heterocycles. The molecule has 148 valence electrons. The quantitative estimate of drug-likeness (QED) is 0.394. The fourth-order valence-electron chi connectivity index (χ4n) is 4.11. The van der Waals surface area contributed by atoms with Gasteiger partial charge in [-0.3, -0.25) is 9.59 Å². The van der Waals surface area contributed by atoms with Gasteiger partial charge in [0, 0.05) is 0 Å². The highest BCUT2D eigenvalue weighted by molar-refractivity contribution is 5.87. The highest BCUT2D eigenvalue weighted by Crippen LogP contribution is 2.53. The van der Waals surface area contributed by atoms with E-state index in [1.165, 1.54) is 14.0 Å². The molecule has 0 aromatic carbocycles. The van der Waals surface area contributed by atoms with Gasteiger partial charge in [-0.05, 0) is 19.8 Å². The van der Waals surface area contributed by atoms with Crippen molar-refractivity contribution < 1.29 is 49.0 Å². The maximum Gasteiger partial charge on any atom is 0.317 e. The van der Waals surface area contributed by atoms with Gasteiger partial charge in [0.1, 0.15) is 35.7 Å². The summed E-state index contributed by atoms with van der Waals surface area (Å²) in [4.78, 5) is 25.1. The third kappa shape index (κ3) is 2.81. The van der Waals surface area contributed by atoms with E-state index in [1.807, 2.05) is 0 Å². The summed E-state index contributed by atoms with van der Waals surface area (Å²) >= 11 is 0. The van der Waals surface area contributed by atoms with Crippen LogP contribution in [0, 0.1) is 11.3 Å². The van der Waals surface area contributed by atoms with Crippen LogP contribution in [0.25, 0.3) is 0 Å². The molecule has 3 aliphatic heterocycles. The summed E-state index contributed by atoms with van der Waals surface area (Å²) in [5.74, 6) is -2.29. The van der Waals surface area contributed by atoms with E-state index in [0.717, 1.165) is 0 Å². The minimum absolute atomic E-state index is 0.459. The second-order valence-corrected chi connectivity index (χ2v) is 7.13. The molecule has 3 rings (SSSR count). The Morgan fingerprint density at radius 3 is 2.42 bits per heavy atom. The van der Waals surface area contributed by atoms with Crippen molar-refractivity contribution in [3.8, 4) is 0 Å². The maximum atomic E-state index is 12.9. The summed E-state index contributed by atoms with van der Waals surface area (Å²) in [6.45, 7) is 0.889. The first-order valence-corrected chi connectivity index (χ1v) is 8.50. The van der Waals surface area contributed by atoms with Gasteiger partial charge in [-0.2, -0.15) is 0 Å². The van der Waals surface area contributed by atoms with Gasteiger partial charge in [0.05, 0.1) is 25.9 Å². The van der Waals surface area contributed by atoms with Crippen LogP contribution in [0.5, 0.6) is 0 Å². The fraction of sp³-hybridized carbons (Fsp3) is 0.875. The summed E-state index contributed by atoms with van der Waals surface area (Å²) < 4.78 is 20.9. The molecule has 3 fully saturated rings. The van der Waals surface area contributed by atoms with Crippen LogP contribution in [-0.4, -0.2) is 89.0 Å². The molecule has 0 radical (unpaired) electrons. The van der Waals surface area contributed by atoms with Gasteiger partial charge in [0.2, 0.25) is 6.29 Å². The molecule has 9 atom stereocenters. The van der Waals surface area contributed by atoms with E-state index >= 15 is 0 Å². The van der Waals surface area contributed by atoms with E-state index in [1.54, 1.807) is 0 Å². The molecule has 3 heterocycles. The van der Waals surface area contributed by atoms with E-state index in [2.05, 4.69) is 0 Å². The minimum Gasteiger partial charge on any atom is -0.469 e. The number of carbonyl (C=O) groups excluding carboxylic acids is 2. The maximum absolute atomic E-state index is 12.9. The van der Waals surface area contributed by atoms with Crippen LogP contribution in [0.3, 0.4) is 0 Å². The van der Waals surface area contributed by atoms with Crippen LogP contribution in [0.15, 0.2) is 0 Å². The molecule has 3 aliphatic rings. The van der Waals surface area contributed by atoms with Crippen molar-refractivity contribution in [1.29, 1.82) is 0 Å². The molecule has 0 aliphatic carbocycles. The summed E-state index contributed by atoms with van der Waals surface area (Å²) in [5, 5.41) is 38.8. The van der Waals surface area contributed by atoms with Gasteiger partial charge in [-0.1, -0.05) is 0 Å². The van der Waals surface area contributed by atoms with E-state index in [9.17, 15) is 30.0 Å². The van der Waals surface area contributed by atoms with Crippen molar-refractivity contribution in [2.24, 2.45) is 11.3 Å². The van der Waals surface area contributed by atoms with Gasteiger partial charge in [-0.15, -0.1) is 0 Å². The molecule has 10 heteroatoms. The number of aliphatic hydroxyl groups excluding tert-OH is 4. The zero-order valence-electron chi connectivity index (χ0n) is 14.5. The van der Waals surface area contributed by atoms with Gasteiger partial charge < -0.3 is 39.4 Å². The van der Waals surface area contributed by atoms with Gasteiger partial charge in [0.25, 0.3) is 0 Å². The lowest BCUT2D eigenvalue weighted by Crippen LogP contribution is -2.60. The Morgan fingerprint density at radius 2 is 1.81 bits per heavy atom. The molecular formula is C16H24O10.